The summed E-state index contributed by atoms with van der Waals surface area (Å²) in [5.74, 6) is 0.691. The number of halogens is 1. The monoisotopic (exact) mass is 276 g/mol. The van der Waals surface area contributed by atoms with Crippen LogP contribution in [-0.4, -0.2) is 15.5 Å². The van der Waals surface area contributed by atoms with Gasteiger partial charge in [-0.3, -0.25) is 0 Å². The van der Waals surface area contributed by atoms with E-state index in [4.69, 9.17) is 15.4 Å². The molecule has 0 aliphatic carbocycles. The molecule has 0 atom stereocenters. The molecule has 0 aliphatic heterocycles. The van der Waals surface area contributed by atoms with E-state index in [1.165, 1.54) is 0 Å². The SMILES string of the molecule is COc1c(C(C)C)ccc(C)c1CS(=O)(=O)Cl. The number of hydrogen-bond acceptors (Lipinski definition) is 3. The van der Waals surface area contributed by atoms with Gasteiger partial charge in [0.1, 0.15) is 5.75 Å². The molecular weight excluding hydrogens is 260 g/mol. The van der Waals surface area contributed by atoms with E-state index in [9.17, 15) is 8.42 Å². The van der Waals surface area contributed by atoms with E-state index >= 15 is 0 Å². The van der Waals surface area contributed by atoms with Crippen molar-refractivity contribution in [1.29, 1.82) is 0 Å². The minimum atomic E-state index is -3.58. The van der Waals surface area contributed by atoms with Crippen LogP contribution in [0.4, 0.5) is 0 Å². The molecule has 0 radical (unpaired) electrons. The zero-order chi connectivity index (χ0) is 13.2. The van der Waals surface area contributed by atoms with Crippen molar-refractivity contribution < 1.29 is 13.2 Å². The van der Waals surface area contributed by atoms with Crippen molar-refractivity contribution in [3.05, 3.63) is 28.8 Å². The highest BCUT2D eigenvalue weighted by atomic mass is 35.7. The average Bonchev–Trinajstić information content (AvgIpc) is 2.18. The topological polar surface area (TPSA) is 43.4 Å². The lowest BCUT2D eigenvalue weighted by Crippen LogP contribution is -2.04. The molecule has 0 unspecified atom stereocenters. The van der Waals surface area contributed by atoms with E-state index in [1.54, 1.807) is 7.11 Å². The van der Waals surface area contributed by atoms with Crippen LogP contribution < -0.4 is 4.74 Å². The van der Waals surface area contributed by atoms with Crippen molar-refractivity contribution in [1.82, 2.24) is 0 Å². The number of methoxy groups -OCH3 is 1. The predicted molar refractivity (Wildman–Crippen MR) is 70.3 cm³/mol. The van der Waals surface area contributed by atoms with Crippen LogP contribution in [0.25, 0.3) is 0 Å². The quantitative estimate of drug-likeness (QED) is 0.793. The Labute approximate surface area is 107 Å². The van der Waals surface area contributed by atoms with Crippen molar-refractivity contribution in [2.24, 2.45) is 0 Å². The lowest BCUT2D eigenvalue weighted by Gasteiger charge is -2.17. The number of hydrogen-bond donors (Lipinski definition) is 0. The first-order chi connectivity index (χ1) is 7.76. The molecule has 96 valence electrons. The van der Waals surface area contributed by atoms with Gasteiger partial charge in [-0.25, -0.2) is 8.42 Å². The van der Waals surface area contributed by atoms with Crippen LogP contribution in [0, 0.1) is 6.92 Å². The number of ether oxygens (including phenoxy) is 1. The molecule has 0 aromatic heterocycles. The fourth-order valence-corrected chi connectivity index (χ4v) is 2.82. The Balaban J connectivity index is 3.41. The van der Waals surface area contributed by atoms with E-state index in [0.717, 1.165) is 11.1 Å². The third-order valence-corrected chi connectivity index (χ3v) is 3.63. The number of aryl methyl sites for hydroxylation is 1. The van der Waals surface area contributed by atoms with Crippen LogP contribution in [0.2, 0.25) is 0 Å². The maximum atomic E-state index is 11.2. The Morgan fingerprint density at radius 3 is 2.35 bits per heavy atom. The van der Waals surface area contributed by atoms with Gasteiger partial charge in [0.15, 0.2) is 0 Å². The first-order valence-corrected chi connectivity index (χ1v) is 7.82. The van der Waals surface area contributed by atoms with Crippen LogP contribution >= 0.6 is 10.7 Å². The van der Waals surface area contributed by atoms with Crippen molar-refractivity contribution in [3.63, 3.8) is 0 Å². The molecule has 3 nitrogen and oxygen atoms in total. The first kappa shape index (κ1) is 14.3. The van der Waals surface area contributed by atoms with Gasteiger partial charge < -0.3 is 4.74 Å². The molecule has 0 amide bonds. The summed E-state index contributed by atoms with van der Waals surface area (Å²) in [6, 6.07) is 3.86. The second kappa shape index (κ2) is 5.27. The lowest BCUT2D eigenvalue weighted by molar-refractivity contribution is 0.403. The van der Waals surface area contributed by atoms with Gasteiger partial charge in [0.05, 0.1) is 12.9 Å². The third kappa shape index (κ3) is 3.61. The van der Waals surface area contributed by atoms with Gasteiger partial charge in [0.2, 0.25) is 9.05 Å². The normalized spacial score (nSPS) is 11.9. The maximum Gasteiger partial charge on any atom is 0.236 e. The second-order valence-corrected chi connectivity index (χ2v) is 7.10. The van der Waals surface area contributed by atoms with Gasteiger partial charge in [0, 0.05) is 16.2 Å². The molecule has 5 heteroatoms. The van der Waals surface area contributed by atoms with Gasteiger partial charge in [-0.1, -0.05) is 26.0 Å². The van der Waals surface area contributed by atoms with Crippen molar-refractivity contribution in [2.45, 2.75) is 32.4 Å². The molecule has 0 bridgehead atoms. The first-order valence-electron chi connectivity index (χ1n) is 5.35. The summed E-state index contributed by atoms with van der Waals surface area (Å²) >= 11 is 0. The van der Waals surface area contributed by atoms with Crippen LogP contribution in [0.5, 0.6) is 5.75 Å². The summed E-state index contributed by atoms with van der Waals surface area (Å²) in [6.07, 6.45) is 0. The van der Waals surface area contributed by atoms with Crippen LogP contribution in [0.1, 0.15) is 36.5 Å². The van der Waals surface area contributed by atoms with E-state index in [0.29, 0.717) is 11.3 Å². The Morgan fingerprint density at radius 2 is 1.94 bits per heavy atom. The zero-order valence-corrected chi connectivity index (χ0v) is 12.0. The van der Waals surface area contributed by atoms with Gasteiger partial charge >= 0.3 is 0 Å². The molecular formula is C12H17ClO3S. The molecule has 0 N–H and O–H groups in total. The van der Waals surface area contributed by atoms with Crippen molar-refractivity contribution >= 4 is 19.7 Å². The van der Waals surface area contributed by atoms with E-state index < -0.39 is 9.05 Å². The highest BCUT2D eigenvalue weighted by Gasteiger charge is 2.18. The second-order valence-electron chi connectivity index (χ2n) is 4.32. The Bertz CT molecular complexity index is 507. The maximum absolute atomic E-state index is 11.2. The van der Waals surface area contributed by atoms with Gasteiger partial charge in [-0.15, -0.1) is 0 Å². The largest absolute Gasteiger partial charge is 0.496 e. The predicted octanol–water partition coefficient (Wildman–Crippen LogP) is 3.20. The molecule has 0 saturated heterocycles. The summed E-state index contributed by atoms with van der Waals surface area (Å²) in [7, 11) is 3.28. The summed E-state index contributed by atoms with van der Waals surface area (Å²) in [6.45, 7) is 5.92. The average molecular weight is 277 g/mol. The van der Waals surface area contributed by atoms with E-state index in [1.807, 2.05) is 32.9 Å². The Hall–Kier alpha value is -0.740. The van der Waals surface area contributed by atoms with Crippen molar-refractivity contribution in [3.8, 4) is 5.75 Å². The Kier molecular flexibility index (Phi) is 4.44. The molecule has 1 aromatic carbocycles. The minimum Gasteiger partial charge on any atom is -0.496 e. The molecule has 0 aliphatic rings. The lowest BCUT2D eigenvalue weighted by atomic mass is 9.97. The summed E-state index contributed by atoms with van der Waals surface area (Å²) < 4.78 is 27.8. The number of benzene rings is 1. The third-order valence-electron chi connectivity index (χ3n) is 2.67. The van der Waals surface area contributed by atoms with Crippen LogP contribution in [0.3, 0.4) is 0 Å². The van der Waals surface area contributed by atoms with Crippen molar-refractivity contribution in [2.75, 3.05) is 7.11 Å². The highest BCUT2D eigenvalue weighted by Crippen LogP contribution is 2.33. The van der Waals surface area contributed by atoms with E-state index in [2.05, 4.69) is 0 Å². The zero-order valence-electron chi connectivity index (χ0n) is 10.5. The van der Waals surface area contributed by atoms with Crippen LogP contribution in [0.15, 0.2) is 12.1 Å². The summed E-state index contributed by atoms with van der Waals surface area (Å²) in [5, 5.41) is 0. The van der Waals surface area contributed by atoms with Gasteiger partial charge in [0.25, 0.3) is 0 Å². The summed E-state index contributed by atoms with van der Waals surface area (Å²) in [5.41, 5.74) is 2.51. The standard InChI is InChI=1S/C12H17ClO3S/c1-8(2)10-6-5-9(3)11(12(10)16-4)7-17(13,14)15/h5-6,8H,7H2,1-4H3. The van der Waals surface area contributed by atoms with Crippen LogP contribution in [-0.2, 0) is 14.8 Å². The highest BCUT2D eigenvalue weighted by molar-refractivity contribution is 8.13. The fraction of sp³-hybridized carbons (Fsp3) is 0.500. The minimum absolute atomic E-state index is 0.204. The molecule has 0 heterocycles. The van der Waals surface area contributed by atoms with Gasteiger partial charge in [-0.05, 0) is 24.0 Å². The fourth-order valence-electron chi connectivity index (χ4n) is 1.79. The summed E-state index contributed by atoms with van der Waals surface area (Å²) in [4.78, 5) is 0. The molecule has 1 rings (SSSR count). The molecule has 1 aromatic rings. The molecule has 0 fully saturated rings. The molecule has 17 heavy (non-hydrogen) atoms. The smallest absolute Gasteiger partial charge is 0.236 e. The molecule has 0 saturated carbocycles. The number of rotatable bonds is 4. The molecule has 0 spiro atoms. The van der Waals surface area contributed by atoms with Gasteiger partial charge in [-0.2, -0.15) is 0 Å². The van der Waals surface area contributed by atoms with E-state index in [-0.39, 0.29) is 11.7 Å². The Morgan fingerprint density at radius 1 is 1.35 bits per heavy atom.